The third-order valence-electron chi connectivity index (χ3n) is 4.02. The lowest BCUT2D eigenvalue weighted by atomic mass is 10.1. The van der Waals surface area contributed by atoms with E-state index < -0.39 is 0 Å². The van der Waals surface area contributed by atoms with Crippen molar-refractivity contribution in [1.29, 1.82) is 0 Å². The van der Waals surface area contributed by atoms with Gasteiger partial charge in [-0.25, -0.2) is 0 Å². The van der Waals surface area contributed by atoms with Crippen LogP contribution in [0.2, 0.25) is 0 Å². The highest BCUT2D eigenvalue weighted by Crippen LogP contribution is 2.22. The number of hydrogen-bond acceptors (Lipinski definition) is 5. The fourth-order valence-electron chi connectivity index (χ4n) is 2.58. The van der Waals surface area contributed by atoms with Crippen LogP contribution in [-0.2, 0) is 4.79 Å². The van der Waals surface area contributed by atoms with Gasteiger partial charge in [0.05, 0.1) is 12.1 Å². The number of amides is 1. The molecule has 126 valence electrons. The summed E-state index contributed by atoms with van der Waals surface area (Å²) in [6, 6.07) is 4.62. The Bertz CT molecular complexity index is 566. The number of aromatic hydroxyl groups is 1. The molecule has 0 radical (unpaired) electrons. The molecule has 0 aromatic heterocycles. The number of nitrogens with zero attached hydrogens (tertiary/aromatic N) is 2. The molecule has 0 atom stereocenters. The molecular weight excluding hydrogens is 294 g/mol. The highest BCUT2D eigenvalue weighted by molar-refractivity contribution is 6.01. The number of benzene rings is 1. The van der Waals surface area contributed by atoms with Crippen LogP contribution in [0.1, 0.15) is 30.1 Å². The summed E-state index contributed by atoms with van der Waals surface area (Å²) >= 11 is 0. The number of rotatable bonds is 6. The summed E-state index contributed by atoms with van der Waals surface area (Å²) in [5.41, 5.74) is 0.807. The van der Waals surface area contributed by atoms with Crippen molar-refractivity contribution >= 4 is 17.4 Å². The molecule has 6 heteroatoms. The minimum Gasteiger partial charge on any atom is -0.507 e. The first kappa shape index (κ1) is 17.4. The van der Waals surface area contributed by atoms with Crippen LogP contribution >= 0.6 is 0 Å². The number of Topliss-reactive ketones (excluding diaryl/α,β-unsaturated/α-hetero) is 1. The van der Waals surface area contributed by atoms with Crippen LogP contribution in [0.25, 0.3) is 0 Å². The third kappa shape index (κ3) is 5.04. The Labute approximate surface area is 137 Å². The summed E-state index contributed by atoms with van der Waals surface area (Å²) in [4.78, 5) is 28.4. The van der Waals surface area contributed by atoms with E-state index in [2.05, 4.69) is 22.2 Å². The van der Waals surface area contributed by atoms with Crippen molar-refractivity contribution in [3.05, 3.63) is 23.8 Å². The first-order chi connectivity index (χ1) is 11.0. The van der Waals surface area contributed by atoms with Crippen LogP contribution in [0.4, 0.5) is 5.69 Å². The van der Waals surface area contributed by atoms with Crippen molar-refractivity contribution in [3.63, 3.8) is 0 Å². The number of nitrogens with one attached hydrogen (secondary N) is 1. The number of ketones is 1. The zero-order valence-electron chi connectivity index (χ0n) is 13.8. The van der Waals surface area contributed by atoms with Gasteiger partial charge in [-0.05, 0) is 31.7 Å². The number of piperazine rings is 1. The van der Waals surface area contributed by atoms with Gasteiger partial charge in [0, 0.05) is 38.3 Å². The van der Waals surface area contributed by atoms with E-state index in [1.54, 1.807) is 12.1 Å². The van der Waals surface area contributed by atoms with Gasteiger partial charge in [0.15, 0.2) is 5.78 Å². The molecule has 1 aromatic rings. The molecule has 0 unspecified atom stereocenters. The molecule has 1 aromatic carbocycles. The number of carbonyl (C=O) groups excluding carboxylic acids is 2. The lowest BCUT2D eigenvalue weighted by molar-refractivity contribution is -0.116. The normalized spacial score (nSPS) is 16.3. The van der Waals surface area contributed by atoms with Crippen molar-refractivity contribution < 1.29 is 14.7 Å². The third-order valence-corrected chi connectivity index (χ3v) is 4.02. The van der Waals surface area contributed by atoms with Gasteiger partial charge in [0.1, 0.15) is 5.75 Å². The van der Waals surface area contributed by atoms with Crippen LogP contribution in [0.5, 0.6) is 5.75 Å². The van der Waals surface area contributed by atoms with Crippen LogP contribution in [0.3, 0.4) is 0 Å². The fraction of sp³-hybridized carbons (Fsp3) is 0.529. The first-order valence-corrected chi connectivity index (χ1v) is 8.06. The molecule has 0 aliphatic carbocycles. The number of phenols is 1. The van der Waals surface area contributed by atoms with Crippen LogP contribution in [0.15, 0.2) is 18.2 Å². The van der Waals surface area contributed by atoms with E-state index in [1.165, 1.54) is 6.07 Å². The predicted molar refractivity (Wildman–Crippen MR) is 89.9 cm³/mol. The van der Waals surface area contributed by atoms with Crippen molar-refractivity contribution in [2.24, 2.45) is 0 Å². The van der Waals surface area contributed by atoms with E-state index in [0.29, 0.717) is 12.1 Å². The summed E-state index contributed by atoms with van der Waals surface area (Å²) in [7, 11) is 2.06. The second kappa shape index (κ2) is 8.08. The van der Waals surface area contributed by atoms with Gasteiger partial charge < -0.3 is 15.3 Å². The van der Waals surface area contributed by atoms with Gasteiger partial charge >= 0.3 is 0 Å². The van der Waals surface area contributed by atoms with E-state index in [-0.39, 0.29) is 29.5 Å². The minimum absolute atomic E-state index is 0.0439. The minimum atomic E-state index is -0.126. The molecule has 0 bridgehead atoms. The van der Waals surface area contributed by atoms with Crippen molar-refractivity contribution in [2.45, 2.75) is 19.8 Å². The molecule has 6 nitrogen and oxygen atoms in total. The Morgan fingerprint density at radius 3 is 2.57 bits per heavy atom. The fourth-order valence-corrected chi connectivity index (χ4v) is 2.58. The van der Waals surface area contributed by atoms with Crippen LogP contribution in [0, 0.1) is 0 Å². The Balaban J connectivity index is 2.02. The van der Waals surface area contributed by atoms with Crippen LogP contribution < -0.4 is 5.32 Å². The van der Waals surface area contributed by atoms with Gasteiger partial charge in [-0.2, -0.15) is 0 Å². The van der Waals surface area contributed by atoms with E-state index in [4.69, 9.17) is 0 Å². The molecule has 1 amide bonds. The van der Waals surface area contributed by atoms with Gasteiger partial charge in [-0.3, -0.25) is 14.5 Å². The van der Waals surface area contributed by atoms with Gasteiger partial charge in [0.25, 0.3) is 0 Å². The SMILES string of the molecule is CCCC(=O)Nc1ccc(O)c(C(=O)CN2CCN(C)CC2)c1. The van der Waals surface area contributed by atoms with Crippen molar-refractivity contribution in [3.8, 4) is 5.75 Å². The largest absolute Gasteiger partial charge is 0.507 e. The van der Waals surface area contributed by atoms with E-state index in [9.17, 15) is 14.7 Å². The maximum absolute atomic E-state index is 12.5. The number of likely N-dealkylation sites (N-methyl/N-ethyl adjacent to an activating group) is 1. The Morgan fingerprint density at radius 2 is 1.91 bits per heavy atom. The Hall–Kier alpha value is -1.92. The second-order valence-corrected chi connectivity index (χ2v) is 6.03. The Kier molecular flexibility index (Phi) is 6.12. The molecule has 1 heterocycles. The molecule has 23 heavy (non-hydrogen) atoms. The summed E-state index contributed by atoms with van der Waals surface area (Å²) in [5, 5.41) is 12.7. The van der Waals surface area contributed by atoms with Gasteiger partial charge in [-0.15, -0.1) is 0 Å². The van der Waals surface area contributed by atoms with Gasteiger partial charge in [0.2, 0.25) is 5.91 Å². The molecule has 1 aliphatic rings. The molecule has 1 fully saturated rings. The van der Waals surface area contributed by atoms with Crippen LogP contribution in [-0.4, -0.2) is 66.4 Å². The van der Waals surface area contributed by atoms with Crippen molar-refractivity contribution in [2.75, 3.05) is 45.1 Å². The average molecular weight is 319 g/mol. The average Bonchev–Trinajstić information content (AvgIpc) is 2.51. The molecule has 2 N–H and O–H groups in total. The monoisotopic (exact) mass is 319 g/mol. The van der Waals surface area contributed by atoms with E-state index in [1.807, 2.05) is 6.92 Å². The quantitative estimate of drug-likeness (QED) is 0.615. The summed E-state index contributed by atoms with van der Waals surface area (Å²) < 4.78 is 0. The van der Waals surface area contributed by atoms with Crippen molar-refractivity contribution in [1.82, 2.24) is 9.80 Å². The maximum Gasteiger partial charge on any atom is 0.224 e. The lowest BCUT2D eigenvalue weighted by Crippen LogP contribution is -2.46. The summed E-state index contributed by atoms with van der Waals surface area (Å²) in [6.45, 7) is 5.78. The number of anilines is 1. The topological polar surface area (TPSA) is 72.9 Å². The molecular formula is C17H25N3O3. The van der Waals surface area contributed by atoms with E-state index >= 15 is 0 Å². The molecule has 0 spiro atoms. The Morgan fingerprint density at radius 1 is 1.22 bits per heavy atom. The maximum atomic E-state index is 12.5. The summed E-state index contributed by atoms with van der Waals surface area (Å²) in [6.07, 6.45) is 1.20. The highest BCUT2D eigenvalue weighted by atomic mass is 16.3. The molecule has 0 saturated carbocycles. The second-order valence-electron chi connectivity index (χ2n) is 6.03. The van der Waals surface area contributed by atoms with E-state index in [0.717, 1.165) is 32.6 Å². The number of hydrogen-bond donors (Lipinski definition) is 2. The zero-order chi connectivity index (χ0) is 16.8. The molecule has 1 aliphatic heterocycles. The zero-order valence-corrected chi connectivity index (χ0v) is 13.8. The predicted octanol–water partition coefficient (Wildman–Crippen LogP) is 1.56. The standard InChI is InChI=1S/C17H25N3O3/c1-3-4-17(23)18-13-5-6-15(21)14(11-13)16(22)12-20-9-7-19(2)8-10-20/h5-6,11,21H,3-4,7-10,12H2,1-2H3,(H,18,23). The lowest BCUT2D eigenvalue weighted by Gasteiger charge is -2.31. The van der Waals surface area contributed by atoms with Gasteiger partial charge in [-0.1, -0.05) is 6.92 Å². The highest BCUT2D eigenvalue weighted by Gasteiger charge is 2.19. The molecule has 2 rings (SSSR count). The number of phenolic OH excluding ortho intramolecular Hbond substituents is 1. The first-order valence-electron chi connectivity index (χ1n) is 8.06. The summed E-state index contributed by atoms with van der Waals surface area (Å²) in [5.74, 6) is -0.257. The molecule has 1 saturated heterocycles. The smallest absolute Gasteiger partial charge is 0.224 e. The number of carbonyl (C=O) groups is 2.